The van der Waals surface area contributed by atoms with Crippen LogP contribution in [0.15, 0.2) is 0 Å². The van der Waals surface area contributed by atoms with E-state index in [2.05, 4.69) is 0 Å². The topological polar surface area (TPSA) is 153 Å². The van der Waals surface area contributed by atoms with Crippen molar-refractivity contribution < 1.29 is 34.5 Å². The highest BCUT2D eigenvalue weighted by molar-refractivity contribution is 5.84. The molecule has 0 aliphatic carbocycles. The summed E-state index contributed by atoms with van der Waals surface area (Å²) in [6.07, 6.45) is -0.707. The largest absolute Gasteiger partial charge is 0.481 e. The van der Waals surface area contributed by atoms with Gasteiger partial charge in [0.1, 0.15) is 12.6 Å². The number of aliphatic carboxylic acids is 3. The molecule has 0 fully saturated rings. The predicted octanol–water partition coefficient (Wildman–Crippen LogP) is -1.31. The molecule has 1 atom stereocenters. The number of carbonyl (C=O) groups excluding carboxylic acids is 1. The quantitative estimate of drug-likeness (QED) is 0.374. The lowest BCUT2D eigenvalue weighted by atomic mass is 10.1. The van der Waals surface area contributed by atoms with Crippen LogP contribution in [0.25, 0.3) is 0 Å². The summed E-state index contributed by atoms with van der Waals surface area (Å²) in [5.41, 5.74) is 0. The lowest BCUT2D eigenvalue weighted by Gasteiger charge is -2.13. The van der Waals surface area contributed by atoms with Crippen molar-refractivity contribution >= 4 is 23.9 Å². The molecule has 0 heterocycles. The SMILES string of the molecule is O=C(O)CC[C@H](NC(=O)NCC(=O)O)C(=O)O. The van der Waals surface area contributed by atoms with Gasteiger partial charge in [-0.15, -0.1) is 0 Å². The monoisotopic (exact) mass is 248 g/mol. The summed E-state index contributed by atoms with van der Waals surface area (Å²) in [6.45, 7) is -0.656. The van der Waals surface area contributed by atoms with Gasteiger partial charge in [0.05, 0.1) is 0 Å². The van der Waals surface area contributed by atoms with Crippen LogP contribution in [-0.2, 0) is 14.4 Å². The van der Waals surface area contributed by atoms with Gasteiger partial charge in [0.25, 0.3) is 0 Å². The van der Waals surface area contributed by atoms with Crippen molar-refractivity contribution in [2.24, 2.45) is 0 Å². The Kier molecular flexibility index (Phi) is 6.08. The third-order valence-electron chi connectivity index (χ3n) is 1.65. The zero-order valence-electron chi connectivity index (χ0n) is 8.67. The number of carboxylic acid groups (broad SMARTS) is 3. The molecule has 0 saturated carbocycles. The molecule has 0 rings (SSSR count). The Balaban J connectivity index is 4.15. The maximum atomic E-state index is 11.0. The zero-order chi connectivity index (χ0) is 13.4. The van der Waals surface area contributed by atoms with Crippen LogP contribution >= 0.6 is 0 Å². The lowest BCUT2D eigenvalue weighted by molar-refractivity contribution is -0.140. The smallest absolute Gasteiger partial charge is 0.326 e. The molecule has 0 aliphatic heterocycles. The highest BCUT2D eigenvalue weighted by Crippen LogP contribution is 1.97. The van der Waals surface area contributed by atoms with Crippen molar-refractivity contribution in [3.05, 3.63) is 0 Å². The Labute approximate surface area is 95.4 Å². The minimum Gasteiger partial charge on any atom is -0.481 e. The second-order valence-electron chi connectivity index (χ2n) is 3.04. The van der Waals surface area contributed by atoms with E-state index in [1.807, 2.05) is 10.6 Å². The van der Waals surface area contributed by atoms with E-state index in [0.29, 0.717) is 0 Å². The number of rotatable bonds is 7. The van der Waals surface area contributed by atoms with Gasteiger partial charge in [-0.1, -0.05) is 0 Å². The summed E-state index contributed by atoms with van der Waals surface area (Å²) in [4.78, 5) is 42.0. The number of hydrogen-bond donors (Lipinski definition) is 5. The molecule has 9 heteroatoms. The second kappa shape index (κ2) is 7.04. The number of hydrogen-bond acceptors (Lipinski definition) is 4. The summed E-state index contributed by atoms with van der Waals surface area (Å²) in [5.74, 6) is -3.86. The molecule has 0 bridgehead atoms. The molecule has 0 aromatic heterocycles. The van der Waals surface area contributed by atoms with E-state index in [0.717, 1.165) is 0 Å². The van der Waals surface area contributed by atoms with Gasteiger partial charge in [-0.3, -0.25) is 9.59 Å². The average molecular weight is 248 g/mol. The first-order valence-electron chi connectivity index (χ1n) is 4.53. The van der Waals surface area contributed by atoms with E-state index in [1.165, 1.54) is 0 Å². The molecule has 0 saturated heterocycles. The van der Waals surface area contributed by atoms with Crippen molar-refractivity contribution in [2.45, 2.75) is 18.9 Å². The van der Waals surface area contributed by atoms with Crippen LogP contribution in [0.4, 0.5) is 4.79 Å². The summed E-state index contributed by atoms with van der Waals surface area (Å²) >= 11 is 0. The van der Waals surface area contributed by atoms with Gasteiger partial charge in [-0.25, -0.2) is 9.59 Å². The summed E-state index contributed by atoms with van der Waals surface area (Å²) in [7, 11) is 0. The van der Waals surface area contributed by atoms with Crippen molar-refractivity contribution in [2.75, 3.05) is 6.54 Å². The van der Waals surface area contributed by atoms with Crippen LogP contribution in [0.2, 0.25) is 0 Å². The Bertz CT molecular complexity index is 328. The lowest BCUT2D eigenvalue weighted by Crippen LogP contribution is -2.47. The predicted molar refractivity (Wildman–Crippen MR) is 52.5 cm³/mol. The normalized spacial score (nSPS) is 11.3. The second-order valence-corrected chi connectivity index (χ2v) is 3.04. The highest BCUT2D eigenvalue weighted by Gasteiger charge is 2.20. The van der Waals surface area contributed by atoms with Crippen molar-refractivity contribution in [1.82, 2.24) is 10.6 Å². The van der Waals surface area contributed by atoms with E-state index in [-0.39, 0.29) is 6.42 Å². The number of urea groups is 1. The molecule has 96 valence electrons. The number of amides is 2. The summed E-state index contributed by atoms with van der Waals surface area (Å²) in [6, 6.07) is -2.36. The molecule has 0 spiro atoms. The molecule has 9 nitrogen and oxygen atoms in total. The van der Waals surface area contributed by atoms with Crippen LogP contribution in [0.1, 0.15) is 12.8 Å². The van der Waals surface area contributed by atoms with Crippen LogP contribution in [0, 0.1) is 0 Å². The molecule has 0 aromatic carbocycles. The van der Waals surface area contributed by atoms with Gasteiger partial charge in [0, 0.05) is 6.42 Å². The summed E-state index contributed by atoms with van der Waals surface area (Å²) in [5, 5.41) is 29.1. The Morgan fingerprint density at radius 1 is 1.00 bits per heavy atom. The fourth-order valence-corrected chi connectivity index (χ4v) is 0.890. The van der Waals surface area contributed by atoms with Crippen LogP contribution < -0.4 is 10.6 Å². The van der Waals surface area contributed by atoms with Gasteiger partial charge >= 0.3 is 23.9 Å². The highest BCUT2D eigenvalue weighted by atomic mass is 16.4. The van der Waals surface area contributed by atoms with Gasteiger partial charge < -0.3 is 26.0 Å². The Morgan fingerprint density at radius 3 is 2.00 bits per heavy atom. The molecule has 2 amide bonds. The molecule has 0 aliphatic rings. The molecule has 0 radical (unpaired) electrons. The first kappa shape index (κ1) is 14.7. The Morgan fingerprint density at radius 2 is 1.59 bits per heavy atom. The van der Waals surface area contributed by atoms with Crippen molar-refractivity contribution in [3.63, 3.8) is 0 Å². The summed E-state index contributed by atoms with van der Waals surface area (Å²) < 4.78 is 0. The molecule has 5 N–H and O–H groups in total. The molecule has 0 unspecified atom stereocenters. The maximum Gasteiger partial charge on any atom is 0.326 e. The van der Waals surface area contributed by atoms with Gasteiger partial charge in [0.2, 0.25) is 0 Å². The first-order valence-corrected chi connectivity index (χ1v) is 4.53. The van der Waals surface area contributed by atoms with E-state index in [9.17, 15) is 19.2 Å². The van der Waals surface area contributed by atoms with Crippen LogP contribution in [0.5, 0.6) is 0 Å². The van der Waals surface area contributed by atoms with E-state index in [4.69, 9.17) is 15.3 Å². The minimum atomic E-state index is -1.39. The fourth-order valence-electron chi connectivity index (χ4n) is 0.890. The van der Waals surface area contributed by atoms with Crippen LogP contribution in [-0.4, -0.2) is 51.8 Å². The van der Waals surface area contributed by atoms with Crippen molar-refractivity contribution in [3.8, 4) is 0 Å². The van der Waals surface area contributed by atoms with E-state index >= 15 is 0 Å². The average Bonchev–Trinajstić information content (AvgIpc) is 2.20. The van der Waals surface area contributed by atoms with Gasteiger partial charge in [-0.2, -0.15) is 0 Å². The number of carbonyl (C=O) groups is 4. The number of nitrogens with one attached hydrogen (secondary N) is 2. The third-order valence-corrected chi connectivity index (χ3v) is 1.65. The molecule has 17 heavy (non-hydrogen) atoms. The first-order chi connectivity index (χ1) is 7.82. The van der Waals surface area contributed by atoms with Crippen molar-refractivity contribution in [1.29, 1.82) is 0 Å². The van der Waals surface area contributed by atoms with Crippen LogP contribution in [0.3, 0.4) is 0 Å². The fraction of sp³-hybridized carbons (Fsp3) is 0.500. The molecular formula is C8H12N2O7. The van der Waals surface area contributed by atoms with E-state index < -0.39 is 42.9 Å². The number of carboxylic acids is 3. The van der Waals surface area contributed by atoms with Gasteiger partial charge in [0.15, 0.2) is 0 Å². The van der Waals surface area contributed by atoms with E-state index in [1.54, 1.807) is 0 Å². The Hall–Kier alpha value is -2.32. The van der Waals surface area contributed by atoms with Gasteiger partial charge in [-0.05, 0) is 6.42 Å². The molecule has 0 aromatic rings. The maximum absolute atomic E-state index is 11.0. The standard InChI is InChI=1S/C8H12N2O7/c11-5(12)2-1-4(7(15)16)10-8(17)9-3-6(13)14/h4H,1-3H2,(H,11,12)(H,13,14)(H,15,16)(H2,9,10,17)/t4-/m0/s1. The third kappa shape index (κ3) is 7.59. The zero-order valence-corrected chi connectivity index (χ0v) is 8.67. The molecular weight excluding hydrogens is 236 g/mol. The minimum absolute atomic E-state index is 0.287.